The molecule has 6 nitrogen and oxygen atoms in total. The Morgan fingerprint density at radius 1 is 1.31 bits per heavy atom. The Morgan fingerprint density at radius 2 is 2.07 bits per heavy atom. The van der Waals surface area contributed by atoms with Gasteiger partial charge >= 0.3 is 6.03 Å². The number of rotatable bonds is 7. The third-order valence-electron chi connectivity index (χ3n) is 4.54. The molecule has 2 aromatic rings. The van der Waals surface area contributed by atoms with Crippen LogP contribution in [-0.2, 0) is 11.4 Å². The number of methoxy groups -OCH3 is 1. The molecule has 0 saturated heterocycles. The van der Waals surface area contributed by atoms with Gasteiger partial charge in [0.15, 0.2) is 6.10 Å². The maximum Gasteiger partial charge on any atom is 0.318 e. The van der Waals surface area contributed by atoms with Crippen LogP contribution in [0.3, 0.4) is 0 Å². The van der Waals surface area contributed by atoms with Crippen molar-refractivity contribution in [1.82, 2.24) is 10.2 Å². The predicted molar refractivity (Wildman–Crippen MR) is 109 cm³/mol. The molecule has 154 valence electrons. The topological polar surface area (TPSA) is 63.2 Å². The number of nitrogens with zero attached hydrogens (tertiary/aromatic N) is 2. The zero-order valence-electron chi connectivity index (χ0n) is 16.9. The molecule has 29 heavy (non-hydrogen) atoms. The van der Waals surface area contributed by atoms with Crippen molar-refractivity contribution in [1.29, 1.82) is 0 Å². The number of amides is 2. The zero-order chi connectivity index (χ0) is 20.8. The Bertz CT molecular complexity index is 868. The number of benzene rings is 2. The van der Waals surface area contributed by atoms with Crippen LogP contribution in [0.4, 0.5) is 9.18 Å². The molecule has 0 radical (unpaired) electrons. The van der Waals surface area contributed by atoms with Crippen molar-refractivity contribution in [3.05, 3.63) is 65.5 Å². The Hall–Kier alpha value is -3.09. The van der Waals surface area contributed by atoms with Gasteiger partial charge in [-0.15, -0.1) is 0 Å². The van der Waals surface area contributed by atoms with E-state index in [2.05, 4.69) is 10.5 Å². The quantitative estimate of drug-likeness (QED) is 0.767. The van der Waals surface area contributed by atoms with E-state index in [4.69, 9.17) is 9.57 Å². The van der Waals surface area contributed by atoms with Gasteiger partial charge in [0.2, 0.25) is 0 Å². The van der Waals surface area contributed by atoms with Gasteiger partial charge in [-0.05, 0) is 61.4 Å². The van der Waals surface area contributed by atoms with E-state index >= 15 is 0 Å². The van der Waals surface area contributed by atoms with Crippen molar-refractivity contribution in [2.45, 2.75) is 39.0 Å². The van der Waals surface area contributed by atoms with Gasteiger partial charge in [0.05, 0.1) is 19.4 Å². The second-order valence-corrected chi connectivity index (χ2v) is 7.31. The summed E-state index contributed by atoms with van der Waals surface area (Å²) in [7, 11) is 1.62. The summed E-state index contributed by atoms with van der Waals surface area (Å²) >= 11 is 0. The average Bonchev–Trinajstić information content (AvgIpc) is 3.15. The zero-order valence-corrected chi connectivity index (χ0v) is 16.9. The molecular weight excluding hydrogens is 373 g/mol. The van der Waals surface area contributed by atoms with Crippen LogP contribution >= 0.6 is 0 Å². The summed E-state index contributed by atoms with van der Waals surface area (Å²) < 4.78 is 18.7. The number of carbonyl (C=O) groups is 1. The number of nitrogens with one attached hydrogen (secondary N) is 1. The largest absolute Gasteiger partial charge is 0.497 e. The number of urea groups is 1. The summed E-state index contributed by atoms with van der Waals surface area (Å²) in [6.45, 7) is 4.43. The number of hydrogen-bond acceptors (Lipinski definition) is 4. The molecule has 0 fully saturated rings. The molecule has 0 aliphatic carbocycles. The summed E-state index contributed by atoms with van der Waals surface area (Å²) in [5.41, 5.74) is 2.50. The molecule has 0 saturated carbocycles. The van der Waals surface area contributed by atoms with E-state index in [9.17, 15) is 9.18 Å². The smallest absolute Gasteiger partial charge is 0.318 e. The standard InChI is InChI=1S/C22H26FN3O3/c1-15(2)24-22(27)26(13-16-5-4-6-18(23)11-16)14-20-12-21(25-29-20)17-7-9-19(28-3)10-8-17/h4-11,15,20H,12-14H2,1-3H3,(H,24,27). The Balaban J connectivity index is 1.66. The molecule has 0 spiro atoms. The van der Waals surface area contributed by atoms with E-state index in [1.165, 1.54) is 12.1 Å². The minimum Gasteiger partial charge on any atom is -0.497 e. The van der Waals surface area contributed by atoms with Gasteiger partial charge in [0, 0.05) is 19.0 Å². The number of oxime groups is 1. The number of carbonyl (C=O) groups excluding carboxylic acids is 1. The van der Waals surface area contributed by atoms with Crippen molar-refractivity contribution in [2.24, 2.45) is 5.16 Å². The molecule has 1 heterocycles. The molecule has 2 amide bonds. The summed E-state index contributed by atoms with van der Waals surface area (Å²) in [5.74, 6) is 0.449. The Morgan fingerprint density at radius 3 is 2.72 bits per heavy atom. The van der Waals surface area contributed by atoms with E-state index in [0.717, 1.165) is 22.6 Å². The maximum atomic E-state index is 13.6. The van der Waals surface area contributed by atoms with Crippen molar-refractivity contribution in [2.75, 3.05) is 13.7 Å². The number of hydrogen-bond donors (Lipinski definition) is 1. The first-order chi connectivity index (χ1) is 13.9. The molecule has 1 N–H and O–H groups in total. The molecule has 1 unspecified atom stereocenters. The van der Waals surface area contributed by atoms with Gasteiger partial charge in [0.25, 0.3) is 0 Å². The van der Waals surface area contributed by atoms with E-state index < -0.39 is 0 Å². The third kappa shape index (κ3) is 5.70. The number of ether oxygens (including phenoxy) is 1. The molecular formula is C22H26FN3O3. The lowest BCUT2D eigenvalue weighted by atomic mass is 10.0. The van der Waals surface area contributed by atoms with Crippen molar-refractivity contribution in [3.8, 4) is 5.75 Å². The van der Waals surface area contributed by atoms with Gasteiger partial charge in [0.1, 0.15) is 11.6 Å². The van der Waals surface area contributed by atoms with Gasteiger partial charge in [-0.25, -0.2) is 9.18 Å². The van der Waals surface area contributed by atoms with Gasteiger partial charge < -0.3 is 19.8 Å². The molecule has 0 aromatic heterocycles. The van der Waals surface area contributed by atoms with Gasteiger partial charge in [-0.1, -0.05) is 17.3 Å². The molecule has 1 atom stereocenters. The second-order valence-electron chi connectivity index (χ2n) is 7.31. The fourth-order valence-electron chi connectivity index (χ4n) is 3.14. The average molecular weight is 399 g/mol. The normalized spacial score (nSPS) is 15.6. The van der Waals surface area contributed by atoms with Crippen LogP contribution in [-0.4, -0.2) is 42.4 Å². The maximum absolute atomic E-state index is 13.6. The highest BCUT2D eigenvalue weighted by molar-refractivity contribution is 6.01. The lowest BCUT2D eigenvalue weighted by Gasteiger charge is -2.26. The molecule has 7 heteroatoms. The van der Waals surface area contributed by atoms with Crippen LogP contribution in [0.2, 0.25) is 0 Å². The summed E-state index contributed by atoms with van der Waals surface area (Å²) in [6.07, 6.45) is 0.319. The highest BCUT2D eigenvalue weighted by atomic mass is 19.1. The first-order valence-corrected chi connectivity index (χ1v) is 9.61. The lowest BCUT2D eigenvalue weighted by molar-refractivity contribution is 0.0586. The fraction of sp³-hybridized carbons (Fsp3) is 0.364. The summed E-state index contributed by atoms with van der Waals surface area (Å²) in [6, 6.07) is 13.6. The second kappa shape index (κ2) is 9.41. The molecule has 2 aromatic carbocycles. The summed E-state index contributed by atoms with van der Waals surface area (Å²) in [4.78, 5) is 19.9. The number of halogens is 1. The molecule has 1 aliphatic heterocycles. The van der Waals surface area contributed by atoms with E-state index in [1.54, 1.807) is 24.1 Å². The van der Waals surface area contributed by atoms with Crippen LogP contribution in [0.15, 0.2) is 53.7 Å². The van der Waals surface area contributed by atoms with Gasteiger partial charge in [-0.2, -0.15) is 0 Å². The monoisotopic (exact) mass is 399 g/mol. The van der Waals surface area contributed by atoms with E-state index in [0.29, 0.717) is 13.0 Å². The molecule has 3 rings (SSSR count). The van der Waals surface area contributed by atoms with Crippen LogP contribution in [0.1, 0.15) is 31.4 Å². The highest BCUT2D eigenvalue weighted by Gasteiger charge is 2.27. The van der Waals surface area contributed by atoms with Crippen LogP contribution < -0.4 is 10.1 Å². The van der Waals surface area contributed by atoms with Crippen LogP contribution in [0, 0.1) is 5.82 Å². The lowest BCUT2D eigenvalue weighted by Crippen LogP contribution is -2.45. The predicted octanol–water partition coefficient (Wildman–Crippen LogP) is 3.95. The van der Waals surface area contributed by atoms with Gasteiger partial charge in [-0.3, -0.25) is 0 Å². The SMILES string of the molecule is COc1ccc(C2=NOC(CN(Cc3cccc(F)c3)C(=O)NC(C)C)C2)cc1. The van der Waals surface area contributed by atoms with Crippen molar-refractivity contribution >= 4 is 11.7 Å². The van der Waals surface area contributed by atoms with Crippen LogP contribution in [0.25, 0.3) is 0 Å². The first-order valence-electron chi connectivity index (χ1n) is 9.61. The Labute approximate surface area is 170 Å². The minimum absolute atomic E-state index is 0.00637. The molecule has 1 aliphatic rings. The third-order valence-corrected chi connectivity index (χ3v) is 4.54. The fourth-order valence-corrected chi connectivity index (χ4v) is 3.14. The van der Waals surface area contributed by atoms with E-state index in [1.807, 2.05) is 38.1 Å². The first kappa shape index (κ1) is 20.6. The summed E-state index contributed by atoms with van der Waals surface area (Å²) in [5, 5.41) is 7.09. The van der Waals surface area contributed by atoms with Crippen molar-refractivity contribution in [3.63, 3.8) is 0 Å². The highest BCUT2D eigenvalue weighted by Crippen LogP contribution is 2.21. The Kier molecular flexibility index (Phi) is 6.69. The van der Waals surface area contributed by atoms with Crippen molar-refractivity contribution < 1.29 is 18.8 Å². The minimum atomic E-state index is -0.325. The molecule has 0 bridgehead atoms. The van der Waals surface area contributed by atoms with E-state index in [-0.39, 0.29) is 30.5 Å². The van der Waals surface area contributed by atoms with Crippen LogP contribution in [0.5, 0.6) is 5.75 Å².